The normalized spacial score (nSPS) is 15.0. The molecule has 0 bridgehead atoms. The second kappa shape index (κ2) is 10.4. The van der Waals surface area contributed by atoms with E-state index in [2.05, 4.69) is 21.2 Å². The molecule has 0 spiro atoms. The van der Waals surface area contributed by atoms with E-state index in [-0.39, 0.29) is 23.7 Å². The van der Waals surface area contributed by atoms with Crippen LogP contribution < -0.4 is 10.1 Å². The first-order valence-corrected chi connectivity index (χ1v) is 10.1. The summed E-state index contributed by atoms with van der Waals surface area (Å²) >= 11 is 6.05. The van der Waals surface area contributed by atoms with Crippen molar-refractivity contribution in [3.05, 3.63) is 63.2 Å². The van der Waals surface area contributed by atoms with Gasteiger partial charge in [-0.05, 0) is 29.8 Å². The van der Waals surface area contributed by atoms with E-state index in [4.69, 9.17) is 16.3 Å². The fourth-order valence-corrected chi connectivity index (χ4v) is 3.64. The van der Waals surface area contributed by atoms with Crippen molar-refractivity contribution in [1.82, 2.24) is 9.80 Å². The van der Waals surface area contributed by atoms with Gasteiger partial charge in [0.15, 0.2) is 0 Å². The fraction of sp³-hybridized carbons (Fsp3) is 0.381. The lowest BCUT2D eigenvalue weighted by Gasteiger charge is -2.34. The van der Waals surface area contributed by atoms with Gasteiger partial charge in [0.1, 0.15) is 11.4 Å². The zero-order valence-corrected chi connectivity index (χ0v) is 17.6. The molecule has 1 heterocycles. The van der Waals surface area contributed by atoms with Crippen LogP contribution >= 0.6 is 11.6 Å². The number of amides is 1. The van der Waals surface area contributed by atoms with Crippen LogP contribution in [0.1, 0.15) is 12.0 Å². The Morgan fingerprint density at radius 1 is 1.17 bits per heavy atom. The largest absolute Gasteiger partial charge is 0.496 e. The molecule has 1 aliphatic rings. The van der Waals surface area contributed by atoms with Gasteiger partial charge in [0.05, 0.1) is 18.1 Å². The number of benzene rings is 2. The summed E-state index contributed by atoms with van der Waals surface area (Å²) in [6, 6.07) is 12.3. The van der Waals surface area contributed by atoms with Crippen LogP contribution in [0.2, 0.25) is 5.02 Å². The highest BCUT2D eigenvalue weighted by Crippen LogP contribution is 2.29. The molecule has 30 heavy (non-hydrogen) atoms. The number of hydrogen-bond donors (Lipinski definition) is 1. The van der Waals surface area contributed by atoms with Gasteiger partial charge >= 0.3 is 0 Å². The maximum atomic E-state index is 12.3. The molecule has 0 radical (unpaired) electrons. The van der Waals surface area contributed by atoms with Crippen molar-refractivity contribution in [3.8, 4) is 5.75 Å². The van der Waals surface area contributed by atoms with E-state index in [0.29, 0.717) is 12.3 Å². The number of rotatable bonds is 8. The van der Waals surface area contributed by atoms with Gasteiger partial charge in [-0.3, -0.25) is 19.8 Å². The Balaban J connectivity index is 1.44. The number of nitro groups is 1. The van der Waals surface area contributed by atoms with E-state index < -0.39 is 4.92 Å². The Hall–Kier alpha value is -2.68. The molecule has 9 heteroatoms. The third kappa shape index (κ3) is 6.16. The van der Waals surface area contributed by atoms with Crippen molar-refractivity contribution in [2.45, 2.75) is 13.0 Å². The van der Waals surface area contributed by atoms with Crippen LogP contribution in [0.15, 0.2) is 42.5 Å². The lowest BCUT2D eigenvalue weighted by atomic mass is 10.2. The average molecular weight is 433 g/mol. The van der Waals surface area contributed by atoms with Gasteiger partial charge in [0.25, 0.3) is 5.69 Å². The van der Waals surface area contributed by atoms with E-state index in [0.717, 1.165) is 37.7 Å². The molecule has 0 saturated carbocycles. The lowest BCUT2D eigenvalue weighted by Crippen LogP contribution is -2.46. The van der Waals surface area contributed by atoms with Gasteiger partial charge in [-0.15, -0.1) is 0 Å². The maximum Gasteiger partial charge on any atom is 0.296 e. The van der Waals surface area contributed by atoms with Crippen molar-refractivity contribution in [2.75, 3.05) is 45.2 Å². The van der Waals surface area contributed by atoms with Gasteiger partial charge in [-0.25, -0.2) is 0 Å². The number of anilines is 1. The molecule has 2 aromatic carbocycles. The van der Waals surface area contributed by atoms with Crippen molar-refractivity contribution in [1.29, 1.82) is 0 Å². The highest BCUT2D eigenvalue weighted by Gasteiger charge is 2.20. The smallest absolute Gasteiger partial charge is 0.296 e. The van der Waals surface area contributed by atoms with E-state index in [9.17, 15) is 14.9 Å². The summed E-state index contributed by atoms with van der Waals surface area (Å²) in [7, 11) is 1.44. The van der Waals surface area contributed by atoms with Gasteiger partial charge < -0.3 is 15.0 Å². The molecule has 3 rings (SSSR count). The quantitative estimate of drug-likeness (QED) is 0.508. The summed E-state index contributed by atoms with van der Waals surface area (Å²) in [6.45, 7) is 5.04. The third-order valence-corrected chi connectivity index (χ3v) is 5.33. The van der Waals surface area contributed by atoms with Crippen LogP contribution in [0.25, 0.3) is 0 Å². The first-order chi connectivity index (χ1) is 14.4. The van der Waals surface area contributed by atoms with Crippen molar-refractivity contribution in [2.24, 2.45) is 0 Å². The number of hydrogen-bond acceptors (Lipinski definition) is 6. The standard InChI is InChI=1S/C21H25ClN4O4/c1-30-18-5-6-19(20(14-18)26(28)29)23-21(27)7-8-24-9-11-25(12-10-24)15-16-3-2-4-17(22)13-16/h2-6,13-14H,7-12,15H2,1H3,(H,23,27). The average Bonchev–Trinajstić information content (AvgIpc) is 2.73. The molecule has 160 valence electrons. The second-order valence-corrected chi connectivity index (χ2v) is 7.62. The first kappa shape index (κ1) is 22.0. The minimum atomic E-state index is -0.530. The summed E-state index contributed by atoms with van der Waals surface area (Å²) in [5.41, 5.74) is 1.19. The molecule has 2 aromatic rings. The van der Waals surface area contributed by atoms with E-state index in [1.807, 2.05) is 18.2 Å². The molecule has 1 fully saturated rings. The van der Waals surface area contributed by atoms with Crippen molar-refractivity contribution < 1.29 is 14.5 Å². The number of halogens is 1. The van der Waals surface area contributed by atoms with E-state index in [1.54, 1.807) is 6.07 Å². The summed E-state index contributed by atoms with van der Waals surface area (Å²) < 4.78 is 5.01. The Labute approximate surface area is 180 Å². The minimum absolute atomic E-state index is 0.178. The van der Waals surface area contributed by atoms with Crippen LogP contribution in [-0.4, -0.2) is 60.5 Å². The summed E-state index contributed by atoms with van der Waals surface area (Å²) in [6.07, 6.45) is 0.275. The predicted molar refractivity (Wildman–Crippen MR) is 116 cm³/mol. The van der Waals surface area contributed by atoms with Crippen LogP contribution in [0.4, 0.5) is 11.4 Å². The molecular formula is C21H25ClN4O4. The van der Waals surface area contributed by atoms with Gasteiger partial charge in [0, 0.05) is 50.7 Å². The molecule has 1 N–H and O–H groups in total. The second-order valence-electron chi connectivity index (χ2n) is 7.19. The number of methoxy groups -OCH3 is 1. The third-order valence-electron chi connectivity index (χ3n) is 5.09. The molecule has 1 saturated heterocycles. The number of carbonyl (C=O) groups is 1. The maximum absolute atomic E-state index is 12.3. The number of carbonyl (C=O) groups excluding carboxylic acids is 1. The Morgan fingerprint density at radius 3 is 2.57 bits per heavy atom. The van der Waals surface area contributed by atoms with Gasteiger partial charge in [-0.2, -0.15) is 0 Å². The molecule has 1 amide bonds. The molecule has 1 aliphatic heterocycles. The zero-order valence-electron chi connectivity index (χ0n) is 16.8. The summed E-state index contributed by atoms with van der Waals surface area (Å²) in [5, 5.41) is 14.6. The highest BCUT2D eigenvalue weighted by atomic mass is 35.5. The molecule has 0 unspecified atom stereocenters. The Bertz CT molecular complexity index is 900. The minimum Gasteiger partial charge on any atom is -0.496 e. The van der Waals surface area contributed by atoms with E-state index in [1.165, 1.54) is 24.8 Å². The number of nitro benzene ring substituents is 1. The SMILES string of the molecule is COc1ccc(NC(=O)CCN2CCN(Cc3cccc(Cl)c3)CC2)c([N+](=O)[O-])c1. The summed E-state index contributed by atoms with van der Waals surface area (Å²) in [5.74, 6) is 0.125. The predicted octanol–water partition coefficient (Wildman–Crippen LogP) is 3.40. The molecule has 8 nitrogen and oxygen atoms in total. The summed E-state index contributed by atoms with van der Waals surface area (Å²) in [4.78, 5) is 27.6. The monoisotopic (exact) mass is 432 g/mol. The van der Waals surface area contributed by atoms with Crippen molar-refractivity contribution >= 4 is 28.9 Å². The van der Waals surface area contributed by atoms with Crippen LogP contribution in [-0.2, 0) is 11.3 Å². The topological polar surface area (TPSA) is 88.0 Å². The Kier molecular flexibility index (Phi) is 7.62. The first-order valence-electron chi connectivity index (χ1n) is 9.76. The van der Waals surface area contributed by atoms with Crippen LogP contribution in [0, 0.1) is 10.1 Å². The lowest BCUT2D eigenvalue weighted by molar-refractivity contribution is -0.384. The highest BCUT2D eigenvalue weighted by molar-refractivity contribution is 6.30. The van der Waals surface area contributed by atoms with Crippen LogP contribution in [0.5, 0.6) is 5.75 Å². The van der Waals surface area contributed by atoms with Crippen LogP contribution in [0.3, 0.4) is 0 Å². The number of nitrogens with one attached hydrogen (secondary N) is 1. The number of nitrogens with zero attached hydrogens (tertiary/aromatic N) is 3. The van der Waals surface area contributed by atoms with Crippen molar-refractivity contribution in [3.63, 3.8) is 0 Å². The molecule has 0 atom stereocenters. The Morgan fingerprint density at radius 2 is 1.90 bits per heavy atom. The number of ether oxygens (including phenoxy) is 1. The van der Waals surface area contributed by atoms with Gasteiger partial charge in [-0.1, -0.05) is 23.7 Å². The molecule has 0 aromatic heterocycles. The number of piperazine rings is 1. The van der Waals surface area contributed by atoms with Gasteiger partial charge in [0.2, 0.25) is 5.91 Å². The fourth-order valence-electron chi connectivity index (χ4n) is 3.43. The molecule has 0 aliphatic carbocycles. The zero-order chi connectivity index (χ0) is 21.5. The molecular weight excluding hydrogens is 408 g/mol. The van der Waals surface area contributed by atoms with E-state index >= 15 is 0 Å².